The van der Waals surface area contributed by atoms with Gasteiger partial charge in [-0.3, -0.25) is 0 Å². The highest BCUT2D eigenvalue weighted by Crippen LogP contribution is 2.14. The molecule has 0 spiro atoms. The van der Waals surface area contributed by atoms with E-state index >= 15 is 0 Å². The van der Waals surface area contributed by atoms with E-state index in [1.807, 2.05) is 12.3 Å². The largest absolute Gasteiger partial charge is 0.361 e. The molecule has 1 aromatic heterocycles. The zero-order valence-corrected chi connectivity index (χ0v) is 6.88. The van der Waals surface area contributed by atoms with Crippen LogP contribution < -0.4 is 0 Å². The minimum atomic E-state index is 0.939. The molecule has 0 aliphatic carbocycles. The number of rotatable bonds is 2. The van der Waals surface area contributed by atoms with Crippen LogP contribution in [0.2, 0.25) is 0 Å². The van der Waals surface area contributed by atoms with Crippen molar-refractivity contribution in [2.24, 2.45) is 0 Å². The minimum Gasteiger partial charge on any atom is -0.361 e. The van der Waals surface area contributed by atoms with Crippen LogP contribution in [0.3, 0.4) is 0 Å². The van der Waals surface area contributed by atoms with Crippen molar-refractivity contribution < 1.29 is 0 Å². The van der Waals surface area contributed by atoms with Crippen molar-refractivity contribution in [1.82, 2.24) is 4.98 Å². The van der Waals surface area contributed by atoms with Gasteiger partial charge in [0.1, 0.15) is 0 Å². The van der Waals surface area contributed by atoms with Gasteiger partial charge >= 0.3 is 0 Å². The van der Waals surface area contributed by atoms with Gasteiger partial charge in [0.05, 0.1) is 0 Å². The maximum atomic E-state index is 3.71. The maximum absolute atomic E-state index is 3.71. The van der Waals surface area contributed by atoms with Crippen molar-refractivity contribution in [2.75, 3.05) is 0 Å². The second-order valence-electron chi connectivity index (χ2n) is 2.89. The summed E-state index contributed by atoms with van der Waals surface area (Å²) in [6.45, 7) is 3.71. The maximum Gasteiger partial charge on any atom is 0.0456 e. The number of aromatic amines is 1. The first kappa shape index (κ1) is 7.17. The Morgan fingerprint density at radius 1 is 1.33 bits per heavy atom. The molecule has 1 nitrogen and oxygen atoms in total. The van der Waals surface area contributed by atoms with Gasteiger partial charge in [0.25, 0.3) is 0 Å². The number of aromatic nitrogens is 1. The van der Waals surface area contributed by atoms with Crippen LogP contribution in [0.25, 0.3) is 10.9 Å². The fourth-order valence-electron chi connectivity index (χ4n) is 1.39. The van der Waals surface area contributed by atoms with Gasteiger partial charge in [-0.1, -0.05) is 18.2 Å². The van der Waals surface area contributed by atoms with E-state index in [-0.39, 0.29) is 0 Å². The van der Waals surface area contributed by atoms with E-state index in [0.29, 0.717) is 0 Å². The van der Waals surface area contributed by atoms with E-state index in [1.165, 1.54) is 16.5 Å². The Morgan fingerprint density at radius 2 is 2.25 bits per heavy atom. The molecule has 0 aliphatic rings. The predicted molar refractivity (Wildman–Crippen MR) is 52.2 cm³/mol. The molecule has 0 bridgehead atoms. The van der Waals surface area contributed by atoms with Crippen molar-refractivity contribution in [2.45, 2.75) is 6.42 Å². The molecule has 2 rings (SSSR count). The van der Waals surface area contributed by atoms with Crippen LogP contribution in [0.5, 0.6) is 0 Å². The molecule has 0 radical (unpaired) electrons. The summed E-state index contributed by atoms with van der Waals surface area (Å²) in [5, 5.41) is 1.27. The Bertz CT molecular complexity index is 398. The topological polar surface area (TPSA) is 15.8 Å². The van der Waals surface area contributed by atoms with E-state index in [4.69, 9.17) is 0 Å². The number of H-pyrrole nitrogens is 1. The smallest absolute Gasteiger partial charge is 0.0456 e. The number of allylic oxidation sites excluding steroid dienone is 1. The van der Waals surface area contributed by atoms with Gasteiger partial charge in [0, 0.05) is 11.7 Å². The Morgan fingerprint density at radius 3 is 3.08 bits per heavy atom. The van der Waals surface area contributed by atoms with Crippen molar-refractivity contribution in [1.29, 1.82) is 0 Å². The summed E-state index contributed by atoms with van der Waals surface area (Å²) >= 11 is 0. The molecule has 1 heteroatoms. The van der Waals surface area contributed by atoms with Crippen molar-refractivity contribution in [3.63, 3.8) is 0 Å². The van der Waals surface area contributed by atoms with Crippen LogP contribution in [0.15, 0.2) is 43.1 Å². The third-order valence-electron chi connectivity index (χ3n) is 2.00. The third-order valence-corrected chi connectivity index (χ3v) is 2.00. The van der Waals surface area contributed by atoms with Gasteiger partial charge in [0.15, 0.2) is 0 Å². The molecule has 0 saturated carbocycles. The predicted octanol–water partition coefficient (Wildman–Crippen LogP) is 2.90. The van der Waals surface area contributed by atoms with Crippen molar-refractivity contribution in [3.8, 4) is 0 Å². The van der Waals surface area contributed by atoms with E-state index in [2.05, 4.69) is 35.8 Å². The van der Waals surface area contributed by atoms with E-state index in [9.17, 15) is 0 Å². The standard InChI is InChI=1S/C11H11N/c1-2-3-9-4-5-10-6-7-12-11(10)8-9/h2,4-8,12H,1,3H2. The number of benzene rings is 1. The highest BCUT2D eigenvalue weighted by Gasteiger charge is 1.94. The molecule has 1 aromatic carbocycles. The molecular formula is C11H11N. The lowest BCUT2D eigenvalue weighted by Crippen LogP contribution is -1.79. The summed E-state index contributed by atoms with van der Waals surface area (Å²) in [5.41, 5.74) is 2.51. The van der Waals surface area contributed by atoms with Crippen LogP contribution in [-0.4, -0.2) is 4.98 Å². The number of hydrogen-bond donors (Lipinski definition) is 1. The summed E-state index contributed by atoms with van der Waals surface area (Å²) in [6.07, 6.45) is 4.82. The molecular weight excluding hydrogens is 146 g/mol. The lowest BCUT2D eigenvalue weighted by atomic mass is 10.1. The Labute approximate surface area is 71.7 Å². The van der Waals surface area contributed by atoms with Gasteiger partial charge in [0.2, 0.25) is 0 Å². The summed E-state index contributed by atoms with van der Waals surface area (Å²) in [6, 6.07) is 8.51. The normalized spacial score (nSPS) is 10.3. The lowest BCUT2D eigenvalue weighted by molar-refractivity contribution is 1.28. The molecule has 0 amide bonds. The number of fused-ring (bicyclic) bond motifs is 1. The SMILES string of the molecule is C=CCc1ccc2cc[nH]c2c1. The van der Waals surface area contributed by atoms with Gasteiger partial charge in [-0.2, -0.15) is 0 Å². The Kier molecular flexibility index (Phi) is 1.71. The fourth-order valence-corrected chi connectivity index (χ4v) is 1.39. The van der Waals surface area contributed by atoms with E-state index in [1.54, 1.807) is 0 Å². The second kappa shape index (κ2) is 2.86. The molecule has 0 aliphatic heterocycles. The number of nitrogens with one attached hydrogen (secondary N) is 1. The first-order valence-corrected chi connectivity index (χ1v) is 4.07. The summed E-state index contributed by atoms with van der Waals surface area (Å²) in [4.78, 5) is 3.18. The average Bonchev–Trinajstić information content (AvgIpc) is 2.51. The van der Waals surface area contributed by atoms with Crippen LogP contribution in [0.4, 0.5) is 0 Å². The van der Waals surface area contributed by atoms with Gasteiger partial charge < -0.3 is 4.98 Å². The van der Waals surface area contributed by atoms with Gasteiger partial charge in [-0.25, -0.2) is 0 Å². The molecule has 1 heterocycles. The highest BCUT2D eigenvalue weighted by atomic mass is 14.7. The molecule has 60 valence electrons. The van der Waals surface area contributed by atoms with Crippen LogP contribution >= 0.6 is 0 Å². The molecule has 0 atom stereocenters. The first-order valence-electron chi connectivity index (χ1n) is 4.07. The second-order valence-corrected chi connectivity index (χ2v) is 2.89. The van der Waals surface area contributed by atoms with Crippen molar-refractivity contribution >= 4 is 10.9 Å². The quantitative estimate of drug-likeness (QED) is 0.645. The fraction of sp³-hybridized carbons (Fsp3) is 0.0909. The van der Waals surface area contributed by atoms with E-state index < -0.39 is 0 Å². The molecule has 0 fully saturated rings. The molecule has 12 heavy (non-hydrogen) atoms. The van der Waals surface area contributed by atoms with Crippen LogP contribution in [0, 0.1) is 0 Å². The Balaban J connectivity index is 2.52. The molecule has 1 N–H and O–H groups in total. The zero-order chi connectivity index (χ0) is 8.39. The molecule has 0 unspecified atom stereocenters. The highest BCUT2D eigenvalue weighted by molar-refractivity contribution is 5.79. The minimum absolute atomic E-state index is 0.939. The third kappa shape index (κ3) is 1.14. The molecule has 0 saturated heterocycles. The first-order chi connectivity index (χ1) is 5.90. The zero-order valence-electron chi connectivity index (χ0n) is 6.88. The van der Waals surface area contributed by atoms with E-state index in [0.717, 1.165) is 6.42 Å². The van der Waals surface area contributed by atoms with Gasteiger partial charge in [-0.05, 0) is 29.5 Å². The molecule has 2 aromatic rings. The van der Waals surface area contributed by atoms with Crippen LogP contribution in [0.1, 0.15) is 5.56 Å². The Hall–Kier alpha value is -1.50. The van der Waals surface area contributed by atoms with Crippen molar-refractivity contribution in [3.05, 3.63) is 48.7 Å². The summed E-state index contributed by atoms with van der Waals surface area (Å²) < 4.78 is 0. The summed E-state index contributed by atoms with van der Waals surface area (Å²) in [7, 11) is 0. The van der Waals surface area contributed by atoms with Gasteiger partial charge in [-0.15, -0.1) is 6.58 Å². The lowest BCUT2D eigenvalue weighted by Gasteiger charge is -1.95. The van der Waals surface area contributed by atoms with Crippen LogP contribution in [-0.2, 0) is 6.42 Å². The average molecular weight is 157 g/mol. The monoisotopic (exact) mass is 157 g/mol. The number of hydrogen-bond acceptors (Lipinski definition) is 0. The summed E-state index contributed by atoms with van der Waals surface area (Å²) in [5.74, 6) is 0.